The number of anilines is 1. The van der Waals surface area contributed by atoms with Crippen LogP contribution in [0, 0.1) is 0 Å². The van der Waals surface area contributed by atoms with Crippen molar-refractivity contribution in [3.63, 3.8) is 0 Å². The maximum absolute atomic E-state index is 5.76. The van der Waals surface area contributed by atoms with Crippen LogP contribution in [0.1, 0.15) is 24.2 Å². The van der Waals surface area contributed by atoms with E-state index in [0.717, 1.165) is 28.7 Å². The number of aromatic nitrogens is 2. The number of imidazole rings is 1. The molecule has 0 saturated carbocycles. The highest BCUT2D eigenvalue weighted by Gasteiger charge is 2.17. The number of hydrogen-bond acceptors (Lipinski definition) is 2. The third-order valence-electron chi connectivity index (χ3n) is 3.26. The lowest BCUT2D eigenvalue weighted by Gasteiger charge is -2.15. The van der Waals surface area contributed by atoms with E-state index < -0.39 is 0 Å². The van der Waals surface area contributed by atoms with Gasteiger partial charge in [-0.2, -0.15) is 0 Å². The maximum atomic E-state index is 5.76. The number of fused-ring (bicyclic) bond motifs is 1. The van der Waals surface area contributed by atoms with Gasteiger partial charge >= 0.3 is 0 Å². The number of rotatable bonds is 1. The number of nitrogen functional groups attached to an aromatic ring is 1. The van der Waals surface area contributed by atoms with Crippen molar-refractivity contribution in [1.82, 2.24) is 9.55 Å². The van der Waals surface area contributed by atoms with E-state index in [2.05, 4.69) is 25.5 Å². The van der Waals surface area contributed by atoms with E-state index in [1.807, 2.05) is 24.5 Å². The van der Waals surface area contributed by atoms with Crippen LogP contribution >= 0.6 is 15.9 Å². The van der Waals surface area contributed by atoms with E-state index in [-0.39, 0.29) is 0 Å². The second-order valence-electron chi connectivity index (χ2n) is 4.43. The molecule has 3 nitrogen and oxygen atoms in total. The summed E-state index contributed by atoms with van der Waals surface area (Å²) in [7, 11) is 0. The number of halogens is 1. The molecule has 0 amide bonds. The van der Waals surface area contributed by atoms with Gasteiger partial charge in [-0.25, -0.2) is 4.98 Å². The van der Waals surface area contributed by atoms with Gasteiger partial charge in [-0.15, -0.1) is 0 Å². The third-order valence-corrected chi connectivity index (χ3v) is 3.90. The van der Waals surface area contributed by atoms with E-state index in [1.165, 1.54) is 24.2 Å². The fourth-order valence-electron chi connectivity index (χ4n) is 2.40. The molecule has 0 spiro atoms. The van der Waals surface area contributed by atoms with Gasteiger partial charge in [0.15, 0.2) is 0 Å². The molecule has 1 aliphatic rings. The molecule has 0 unspecified atom stereocenters. The fraction of sp³-hybridized carbons (Fsp3) is 0.308. The SMILES string of the molecule is Nc1ccc(-n2cnc3c2CCCC3)c(Br)c1. The van der Waals surface area contributed by atoms with Crippen LogP contribution < -0.4 is 5.73 Å². The Bertz CT molecular complexity index is 560. The molecular formula is C13H14BrN3. The summed E-state index contributed by atoms with van der Waals surface area (Å²) in [5, 5.41) is 0. The zero-order valence-corrected chi connectivity index (χ0v) is 11.1. The summed E-state index contributed by atoms with van der Waals surface area (Å²) < 4.78 is 3.20. The highest BCUT2D eigenvalue weighted by Crippen LogP contribution is 2.28. The predicted octanol–water partition coefficient (Wildman–Crippen LogP) is 3.10. The number of benzene rings is 1. The van der Waals surface area contributed by atoms with Crippen molar-refractivity contribution in [2.24, 2.45) is 0 Å². The van der Waals surface area contributed by atoms with Crippen LogP contribution in [-0.4, -0.2) is 9.55 Å². The van der Waals surface area contributed by atoms with Gasteiger partial charge in [-0.3, -0.25) is 0 Å². The standard InChI is InChI=1S/C13H14BrN3/c14-10-7-9(15)5-6-12(10)17-8-16-11-3-1-2-4-13(11)17/h5-8H,1-4,15H2. The van der Waals surface area contributed by atoms with Crippen molar-refractivity contribution >= 4 is 21.6 Å². The van der Waals surface area contributed by atoms with E-state index >= 15 is 0 Å². The average molecular weight is 292 g/mol. The van der Waals surface area contributed by atoms with Gasteiger partial charge in [0.05, 0.1) is 17.7 Å². The summed E-state index contributed by atoms with van der Waals surface area (Å²) in [5.41, 5.74) is 10.3. The van der Waals surface area contributed by atoms with E-state index in [9.17, 15) is 0 Å². The Morgan fingerprint density at radius 2 is 2.06 bits per heavy atom. The monoisotopic (exact) mass is 291 g/mol. The zero-order valence-electron chi connectivity index (χ0n) is 9.49. The summed E-state index contributed by atoms with van der Waals surface area (Å²) in [4.78, 5) is 4.51. The molecule has 1 aromatic carbocycles. The van der Waals surface area contributed by atoms with E-state index in [0.29, 0.717) is 0 Å². The number of nitrogens with two attached hydrogens (primary N) is 1. The first-order chi connectivity index (χ1) is 8.25. The summed E-state index contributed by atoms with van der Waals surface area (Å²) in [6.07, 6.45) is 6.66. The van der Waals surface area contributed by atoms with Crippen LogP contribution in [0.5, 0.6) is 0 Å². The van der Waals surface area contributed by atoms with Crippen molar-refractivity contribution in [1.29, 1.82) is 0 Å². The molecule has 1 aromatic heterocycles. The van der Waals surface area contributed by atoms with Gasteiger partial charge in [-0.1, -0.05) is 0 Å². The summed E-state index contributed by atoms with van der Waals surface area (Å²) in [6, 6.07) is 5.90. The Labute approximate surface area is 109 Å². The molecule has 3 rings (SSSR count). The van der Waals surface area contributed by atoms with Crippen molar-refractivity contribution < 1.29 is 0 Å². The highest BCUT2D eigenvalue weighted by molar-refractivity contribution is 9.10. The Kier molecular flexibility index (Phi) is 2.67. The minimum absolute atomic E-state index is 0.773. The molecule has 0 radical (unpaired) electrons. The molecule has 0 bridgehead atoms. The van der Waals surface area contributed by atoms with Crippen LogP contribution in [0.25, 0.3) is 5.69 Å². The minimum Gasteiger partial charge on any atom is -0.399 e. The first kappa shape index (κ1) is 10.8. The minimum atomic E-state index is 0.773. The first-order valence-corrected chi connectivity index (χ1v) is 6.65. The molecule has 88 valence electrons. The van der Waals surface area contributed by atoms with Crippen molar-refractivity contribution in [2.75, 3.05) is 5.73 Å². The van der Waals surface area contributed by atoms with Gasteiger partial charge in [0.25, 0.3) is 0 Å². The van der Waals surface area contributed by atoms with E-state index in [4.69, 9.17) is 5.73 Å². The molecule has 0 atom stereocenters. The summed E-state index contributed by atoms with van der Waals surface area (Å²) in [6.45, 7) is 0. The lowest BCUT2D eigenvalue weighted by molar-refractivity contribution is 0.656. The van der Waals surface area contributed by atoms with Gasteiger partial charge in [0.2, 0.25) is 0 Å². The summed E-state index contributed by atoms with van der Waals surface area (Å²) >= 11 is 3.57. The molecule has 4 heteroatoms. The smallest absolute Gasteiger partial charge is 0.0998 e. The Morgan fingerprint density at radius 1 is 1.24 bits per heavy atom. The largest absolute Gasteiger partial charge is 0.399 e. The molecule has 0 saturated heterocycles. The van der Waals surface area contributed by atoms with Gasteiger partial charge in [0, 0.05) is 15.9 Å². The van der Waals surface area contributed by atoms with Crippen LogP contribution in [0.3, 0.4) is 0 Å². The normalized spacial score (nSPS) is 14.6. The van der Waals surface area contributed by atoms with Crippen LogP contribution in [-0.2, 0) is 12.8 Å². The summed E-state index contributed by atoms with van der Waals surface area (Å²) in [5.74, 6) is 0. The maximum Gasteiger partial charge on any atom is 0.0998 e. The number of aryl methyl sites for hydroxylation is 1. The third kappa shape index (κ3) is 1.86. The van der Waals surface area contributed by atoms with Gasteiger partial charge in [0.1, 0.15) is 0 Å². The molecule has 17 heavy (non-hydrogen) atoms. The highest BCUT2D eigenvalue weighted by atomic mass is 79.9. The zero-order chi connectivity index (χ0) is 11.8. The van der Waals surface area contributed by atoms with Crippen molar-refractivity contribution in [3.8, 4) is 5.69 Å². The Balaban J connectivity index is 2.12. The Hall–Kier alpha value is -1.29. The number of hydrogen-bond donors (Lipinski definition) is 1. The molecule has 1 heterocycles. The molecule has 0 fully saturated rings. The topological polar surface area (TPSA) is 43.8 Å². The van der Waals surface area contributed by atoms with E-state index in [1.54, 1.807) is 0 Å². The van der Waals surface area contributed by atoms with Crippen LogP contribution in [0.15, 0.2) is 29.0 Å². The second kappa shape index (κ2) is 4.18. The van der Waals surface area contributed by atoms with Crippen molar-refractivity contribution in [3.05, 3.63) is 40.4 Å². The van der Waals surface area contributed by atoms with Crippen LogP contribution in [0.4, 0.5) is 5.69 Å². The molecule has 2 aromatic rings. The lowest BCUT2D eigenvalue weighted by atomic mass is 10.0. The quantitative estimate of drug-likeness (QED) is 0.821. The number of nitrogens with zero attached hydrogens (tertiary/aromatic N) is 2. The molecular weight excluding hydrogens is 278 g/mol. The average Bonchev–Trinajstić information content (AvgIpc) is 2.73. The van der Waals surface area contributed by atoms with Gasteiger partial charge in [-0.05, 0) is 59.8 Å². The Morgan fingerprint density at radius 3 is 2.88 bits per heavy atom. The first-order valence-electron chi connectivity index (χ1n) is 5.86. The lowest BCUT2D eigenvalue weighted by Crippen LogP contribution is -2.07. The predicted molar refractivity (Wildman–Crippen MR) is 72.3 cm³/mol. The fourth-order valence-corrected chi connectivity index (χ4v) is 2.98. The second-order valence-corrected chi connectivity index (χ2v) is 5.28. The van der Waals surface area contributed by atoms with Crippen LogP contribution in [0.2, 0.25) is 0 Å². The van der Waals surface area contributed by atoms with Crippen molar-refractivity contribution in [2.45, 2.75) is 25.7 Å². The molecule has 2 N–H and O–H groups in total. The molecule has 0 aliphatic heterocycles. The molecule has 1 aliphatic carbocycles. The van der Waals surface area contributed by atoms with Gasteiger partial charge < -0.3 is 10.3 Å².